The smallest absolute Gasteiger partial charge is 0.319 e. The maximum Gasteiger partial charge on any atom is 0.319 e. The van der Waals surface area contributed by atoms with Crippen LogP contribution < -0.4 is 20.9 Å². The van der Waals surface area contributed by atoms with Gasteiger partial charge in [0.15, 0.2) is 0 Å². The first-order valence-electron chi connectivity index (χ1n) is 8.27. The van der Waals surface area contributed by atoms with Crippen LogP contribution in [-0.4, -0.2) is 22.7 Å². The van der Waals surface area contributed by atoms with Gasteiger partial charge in [-0.2, -0.15) is 0 Å². The second-order valence-electron chi connectivity index (χ2n) is 6.05. The summed E-state index contributed by atoms with van der Waals surface area (Å²) < 4.78 is 6.56. The molecule has 0 radical (unpaired) electrons. The quantitative estimate of drug-likeness (QED) is 0.718. The van der Waals surface area contributed by atoms with Crippen LogP contribution in [0.3, 0.4) is 0 Å². The van der Waals surface area contributed by atoms with Gasteiger partial charge in [-0.3, -0.25) is 9.36 Å². The molecule has 2 amide bonds. The van der Waals surface area contributed by atoms with Gasteiger partial charge in [0.2, 0.25) is 0 Å². The topological polar surface area (TPSA) is 85.2 Å². The van der Waals surface area contributed by atoms with Gasteiger partial charge < -0.3 is 15.4 Å². The molecule has 0 saturated carbocycles. The number of anilines is 1. The zero-order valence-electron chi connectivity index (χ0n) is 15.1. The van der Waals surface area contributed by atoms with E-state index in [0.29, 0.717) is 33.2 Å². The summed E-state index contributed by atoms with van der Waals surface area (Å²) in [5.74, 6) is 1.06. The fraction of sp³-hybridized carbons (Fsp3) is 0.211. The Kier molecular flexibility index (Phi) is 5.32. The van der Waals surface area contributed by atoms with Crippen LogP contribution in [0, 0.1) is 0 Å². The third-order valence-electron chi connectivity index (χ3n) is 4.14. The minimum atomic E-state index is -0.503. The SMILES string of the molecule is COc1cccc(NC(=O)NC(C)c2nc3cc(Cl)ccc3c(=O)n2C)c1. The summed E-state index contributed by atoms with van der Waals surface area (Å²) in [5, 5.41) is 6.48. The molecule has 0 spiro atoms. The van der Waals surface area contributed by atoms with Gasteiger partial charge in [-0.15, -0.1) is 0 Å². The first-order chi connectivity index (χ1) is 12.9. The van der Waals surface area contributed by atoms with E-state index >= 15 is 0 Å². The molecule has 0 fully saturated rings. The number of aromatic nitrogens is 2. The van der Waals surface area contributed by atoms with E-state index in [9.17, 15) is 9.59 Å². The molecule has 3 aromatic rings. The third-order valence-corrected chi connectivity index (χ3v) is 4.37. The number of nitrogens with zero attached hydrogens (tertiary/aromatic N) is 2. The van der Waals surface area contributed by atoms with E-state index in [1.54, 1.807) is 63.5 Å². The molecule has 140 valence electrons. The van der Waals surface area contributed by atoms with Crippen LogP contribution in [0.1, 0.15) is 18.8 Å². The number of urea groups is 1. The minimum Gasteiger partial charge on any atom is -0.497 e. The van der Waals surface area contributed by atoms with Crippen LogP contribution in [0.2, 0.25) is 5.02 Å². The maximum atomic E-state index is 12.5. The van der Waals surface area contributed by atoms with E-state index in [-0.39, 0.29) is 5.56 Å². The lowest BCUT2D eigenvalue weighted by Gasteiger charge is -2.18. The van der Waals surface area contributed by atoms with Gasteiger partial charge in [0.05, 0.1) is 24.1 Å². The van der Waals surface area contributed by atoms with Crippen molar-refractivity contribution in [3.05, 3.63) is 63.7 Å². The van der Waals surface area contributed by atoms with Crippen molar-refractivity contribution in [2.75, 3.05) is 12.4 Å². The highest BCUT2D eigenvalue weighted by molar-refractivity contribution is 6.31. The van der Waals surface area contributed by atoms with Gasteiger partial charge in [0.25, 0.3) is 5.56 Å². The third kappa shape index (κ3) is 4.03. The fourth-order valence-corrected chi connectivity index (χ4v) is 2.94. The predicted octanol–water partition coefficient (Wildman–Crippen LogP) is 3.48. The number of carbonyl (C=O) groups excluding carboxylic acids is 1. The Balaban J connectivity index is 1.83. The van der Waals surface area contributed by atoms with Crippen molar-refractivity contribution in [1.82, 2.24) is 14.9 Å². The zero-order valence-corrected chi connectivity index (χ0v) is 15.9. The molecule has 0 aliphatic carbocycles. The van der Waals surface area contributed by atoms with Crippen molar-refractivity contribution in [3.63, 3.8) is 0 Å². The Morgan fingerprint density at radius 2 is 2.04 bits per heavy atom. The van der Waals surface area contributed by atoms with Crippen molar-refractivity contribution in [3.8, 4) is 5.75 Å². The molecule has 2 N–H and O–H groups in total. The number of ether oxygens (including phenoxy) is 1. The Morgan fingerprint density at radius 3 is 2.78 bits per heavy atom. The van der Waals surface area contributed by atoms with Gasteiger partial charge in [0.1, 0.15) is 11.6 Å². The average Bonchev–Trinajstić information content (AvgIpc) is 2.64. The number of hydrogen-bond acceptors (Lipinski definition) is 4. The van der Waals surface area contributed by atoms with E-state index in [0.717, 1.165) is 0 Å². The second kappa shape index (κ2) is 7.67. The maximum absolute atomic E-state index is 12.5. The molecule has 3 rings (SSSR count). The molecule has 1 unspecified atom stereocenters. The molecular formula is C19H19ClN4O3. The molecule has 1 heterocycles. The summed E-state index contributed by atoms with van der Waals surface area (Å²) in [6.07, 6.45) is 0. The van der Waals surface area contributed by atoms with Crippen LogP contribution in [0.25, 0.3) is 10.9 Å². The minimum absolute atomic E-state index is 0.200. The number of carbonyl (C=O) groups is 1. The molecule has 2 aromatic carbocycles. The molecule has 1 atom stereocenters. The molecule has 0 saturated heterocycles. The number of nitrogens with one attached hydrogen (secondary N) is 2. The lowest BCUT2D eigenvalue weighted by Crippen LogP contribution is -2.35. The average molecular weight is 387 g/mol. The molecule has 27 heavy (non-hydrogen) atoms. The highest BCUT2D eigenvalue weighted by Gasteiger charge is 2.17. The van der Waals surface area contributed by atoms with Gasteiger partial charge >= 0.3 is 6.03 Å². The molecule has 0 bridgehead atoms. The lowest BCUT2D eigenvalue weighted by atomic mass is 10.2. The largest absolute Gasteiger partial charge is 0.497 e. The molecule has 0 aliphatic heterocycles. The second-order valence-corrected chi connectivity index (χ2v) is 6.48. The van der Waals surface area contributed by atoms with E-state index in [2.05, 4.69) is 15.6 Å². The Morgan fingerprint density at radius 1 is 1.26 bits per heavy atom. The van der Waals surface area contributed by atoms with Gasteiger partial charge in [-0.05, 0) is 37.3 Å². The van der Waals surface area contributed by atoms with Crippen molar-refractivity contribution in [1.29, 1.82) is 0 Å². The fourth-order valence-electron chi connectivity index (χ4n) is 2.78. The molecule has 7 nitrogen and oxygen atoms in total. The van der Waals surface area contributed by atoms with Crippen LogP contribution >= 0.6 is 11.6 Å². The number of benzene rings is 2. The van der Waals surface area contributed by atoms with Crippen LogP contribution in [-0.2, 0) is 7.05 Å². The van der Waals surface area contributed by atoms with E-state index in [1.165, 1.54) is 4.57 Å². The number of hydrogen-bond donors (Lipinski definition) is 2. The van der Waals surface area contributed by atoms with Crippen LogP contribution in [0.5, 0.6) is 5.75 Å². The van der Waals surface area contributed by atoms with E-state index in [1.807, 2.05) is 0 Å². The van der Waals surface area contributed by atoms with Gasteiger partial charge in [-0.25, -0.2) is 9.78 Å². The number of methoxy groups -OCH3 is 1. The summed E-state index contributed by atoms with van der Waals surface area (Å²) in [6.45, 7) is 1.75. The van der Waals surface area contributed by atoms with Crippen molar-refractivity contribution < 1.29 is 9.53 Å². The summed E-state index contributed by atoms with van der Waals surface area (Å²) in [6, 6.07) is 11.0. The van der Waals surface area contributed by atoms with Crippen molar-refractivity contribution in [2.24, 2.45) is 7.05 Å². The van der Waals surface area contributed by atoms with Crippen LogP contribution in [0.15, 0.2) is 47.3 Å². The molecule has 0 aliphatic rings. The monoisotopic (exact) mass is 386 g/mol. The van der Waals surface area contributed by atoms with E-state index in [4.69, 9.17) is 16.3 Å². The van der Waals surface area contributed by atoms with Gasteiger partial charge in [0, 0.05) is 23.8 Å². The van der Waals surface area contributed by atoms with Crippen LogP contribution in [0.4, 0.5) is 10.5 Å². The highest BCUT2D eigenvalue weighted by Crippen LogP contribution is 2.19. The van der Waals surface area contributed by atoms with Crippen molar-refractivity contribution >= 4 is 34.2 Å². The van der Waals surface area contributed by atoms with Crippen molar-refractivity contribution in [2.45, 2.75) is 13.0 Å². The number of fused-ring (bicyclic) bond motifs is 1. The summed E-state index contributed by atoms with van der Waals surface area (Å²) >= 11 is 6.00. The number of amides is 2. The lowest BCUT2D eigenvalue weighted by molar-refractivity contribution is 0.248. The highest BCUT2D eigenvalue weighted by atomic mass is 35.5. The molecule has 8 heteroatoms. The molecular weight excluding hydrogens is 368 g/mol. The standard InChI is InChI=1S/C19H19ClN4O3/c1-11(21-19(26)22-13-5-4-6-14(10-13)27-3)17-23-16-9-12(20)7-8-15(16)18(25)24(17)2/h4-11H,1-3H3,(H2,21,22,26). The Labute approximate surface area is 160 Å². The van der Waals surface area contributed by atoms with E-state index < -0.39 is 12.1 Å². The first kappa shape index (κ1) is 18.7. The Bertz CT molecular complexity index is 1060. The molecule has 1 aromatic heterocycles. The summed E-state index contributed by atoms with van der Waals surface area (Å²) in [5.41, 5.74) is 0.877. The first-order valence-corrected chi connectivity index (χ1v) is 8.64. The van der Waals surface area contributed by atoms with Gasteiger partial charge in [-0.1, -0.05) is 17.7 Å². The zero-order chi connectivity index (χ0) is 19.6. The number of halogens is 1. The summed E-state index contributed by atoms with van der Waals surface area (Å²) in [4.78, 5) is 29.4. The number of rotatable bonds is 4. The predicted molar refractivity (Wildman–Crippen MR) is 106 cm³/mol. The Hall–Kier alpha value is -3.06. The summed E-state index contributed by atoms with van der Waals surface area (Å²) in [7, 11) is 3.18. The normalized spacial score (nSPS) is 11.9.